The Morgan fingerprint density at radius 3 is 2.63 bits per heavy atom. The third-order valence-corrected chi connectivity index (χ3v) is 3.50. The van der Waals surface area contributed by atoms with Gasteiger partial charge < -0.3 is 4.74 Å². The second-order valence-electron chi connectivity index (χ2n) is 3.27. The van der Waals surface area contributed by atoms with Gasteiger partial charge in [-0.3, -0.25) is 10.1 Å². The zero-order valence-electron chi connectivity index (χ0n) is 9.01. The molecule has 0 atom stereocenters. The quantitative estimate of drug-likeness (QED) is 0.431. The fraction of sp³-hybridized carbons (Fsp3) is 0. The third kappa shape index (κ3) is 3.23. The van der Waals surface area contributed by atoms with Crippen LogP contribution in [0.25, 0.3) is 0 Å². The smallest absolute Gasteiger partial charge is 0.313 e. The van der Waals surface area contributed by atoms with Crippen LogP contribution in [0.5, 0.6) is 11.6 Å². The van der Waals surface area contributed by atoms with Crippen LogP contribution in [0.2, 0.25) is 10.0 Å². The maximum Gasteiger partial charge on any atom is 0.313 e. The number of aromatic nitrogens is 2. The van der Waals surface area contributed by atoms with Crippen molar-refractivity contribution in [3.05, 3.63) is 48.4 Å². The van der Waals surface area contributed by atoms with Crippen molar-refractivity contribution in [1.29, 1.82) is 0 Å². The van der Waals surface area contributed by atoms with Crippen LogP contribution in [0.1, 0.15) is 0 Å². The molecule has 0 fully saturated rings. The fourth-order valence-electron chi connectivity index (χ4n) is 1.22. The highest BCUT2D eigenvalue weighted by Gasteiger charge is 2.20. The van der Waals surface area contributed by atoms with Gasteiger partial charge in [0.05, 0.1) is 18.5 Å². The minimum Gasteiger partial charge on any atom is -0.431 e. The molecule has 0 radical (unpaired) electrons. The lowest BCUT2D eigenvalue weighted by atomic mass is 10.3. The molecule has 19 heavy (non-hydrogen) atoms. The first-order chi connectivity index (χ1) is 8.99. The molecule has 0 aliphatic heterocycles. The maximum absolute atomic E-state index is 10.9. The molecule has 0 unspecified atom stereocenters. The molecule has 0 aliphatic carbocycles. The van der Waals surface area contributed by atoms with Gasteiger partial charge in [0.1, 0.15) is 6.33 Å². The standard InChI is InChI=1S/C10H4Cl2IN3O3/c11-5-1-8(16(17)18)9(2-6(5)12)19-10-7(13)3-14-4-15-10/h1-4H. The highest BCUT2D eigenvalue weighted by molar-refractivity contribution is 14.1. The maximum atomic E-state index is 10.9. The van der Waals surface area contributed by atoms with Gasteiger partial charge in [-0.1, -0.05) is 23.2 Å². The van der Waals surface area contributed by atoms with E-state index in [4.69, 9.17) is 27.9 Å². The van der Waals surface area contributed by atoms with Crippen molar-refractivity contribution < 1.29 is 9.66 Å². The van der Waals surface area contributed by atoms with Gasteiger partial charge in [0.25, 0.3) is 0 Å². The van der Waals surface area contributed by atoms with Crippen molar-refractivity contribution in [1.82, 2.24) is 9.97 Å². The Hall–Kier alpha value is -1.19. The topological polar surface area (TPSA) is 78.2 Å². The predicted octanol–water partition coefficient (Wildman–Crippen LogP) is 4.09. The first-order valence-electron chi connectivity index (χ1n) is 4.76. The summed E-state index contributed by atoms with van der Waals surface area (Å²) < 4.78 is 6.01. The molecule has 1 heterocycles. The Bertz CT molecular complexity index is 654. The van der Waals surface area contributed by atoms with Crippen molar-refractivity contribution in [2.45, 2.75) is 0 Å². The molecular formula is C10H4Cl2IN3O3. The van der Waals surface area contributed by atoms with Crippen LogP contribution in [-0.2, 0) is 0 Å². The van der Waals surface area contributed by atoms with Gasteiger partial charge in [0.15, 0.2) is 0 Å². The van der Waals surface area contributed by atoms with Gasteiger partial charge in [-0.25, -0.2) is 9.97 Å². The number of benzene rings is 1. The summed E-state index contributed by atoms with van der Waals surface area (Å²) in [5, 5.41) is 11.2. The lowest BCUT2D eigenvalue weighted by Crippen LogP contribution is -1.97. The summed E-state index contributed by atoms with van der Waals surface area (Å²) in [6.07, 6.45) is 2.80. The summed E-state index contributed by atoms with van der Waals surface area (Å²) in [6.45, 7) is 0. The average Bonchev–Trinajstić information content (AvgIpc) is 2.36. The summed E-state index contributed by atoms with van der Waals surface area (Å²) in [7, 11) is 0. The Morgan fingerprint density at radius 2 is 2.00 bits per heavy atom. The SMILES string of the molecule is O=[N+]([O-])c1cc(Cl)c(Cl)cc1Oc1ncncc1I. The molecule has 0 amide bonds. The molecular weight excluding hydrogens is 408 g/mol. The van der Waals surface area contributed by atoms with Crippen LogP contribution in [0.4, 0.5) is 5.69 Å². The van der Waals surface area contributed by atoms with Crippen molar-refractivity contribution in [2.75, 3.05) is 0 Å². The van der Waals surface area contributed by atoms with E-state index in [0.29, 0.717) is 3.57 Å². The van der Waals surface area contributed by atoms with E-state index in [1.807, 2.05) is 22.6 Å². The molecule has 2 aromatic rings. The van der Waals surface area contributed by atoms with Gasteiger partial charge in [0.2, 0.25) is 11.6 Å². The van der Waals surface area contributed by atoms with E-state index in [-0.39, 0.29) is 27.4 Å². The van der Waals surface area contributed by atoms with Crippen molar-refractivity contribution in [3.63, 3.8) is 0 Å². The van der Waals surface area contributed by atoms with E-state index in [1.54, 1.807) is 0 Å². The molecule has 0 bridgehead atoms. The zero-order valence-corrected chi connectivity index (χ0v) is 12.7. The van der Waals surface area contributed by atoms with Crippen LogP contribution in [0.3, 0.4) is 0 Å². The predicted molar refractivity (Wildman–Crippen MR) is 77.9 cm³/mol. The number of hydrogen-bond donors (Lipinski definition) is 0. The largest absolute Gasteiger partial charge is 0.431 e. The van der Waals surface area contributed by atoms with Crippen molar-refractivity contribution in [3.8, 4) is 11.6 Å². The van der Waals surface area contributed by atoms with Gasteiger partial charge >= 0.3 is 5.69 Å². The molecule has 1 aromatic heterocycles. The van der Waals surface area contributed by atoms with Crippen molar-refractivity contribution >= 4 is 51.5 Å². The number of hydrogen-bond acceptors (Lipinski definition) is 5. The molecule has 9 heteroatoms. The van der Waals surface area contributed by atoms with E-state index in [9.17, 15) is 10.1 Å². The summed E-state index contributed by atoms with van der Waals surface area (Å²) in [6, 6.07) is 2.41. The van der Waals surface area contributed by atoms with E-state index in [1.165, 1.54) is 18.6 Å². The third-order valence-electron chi connectivity index (χ3n) is 2.04. The number of nitro groups is 1. The van der Waals surface area contributed by atoms with Gasteiger partial charge in [-0.2, -0.15) is 0 Å². The molecule has 0 saturated heterocycles. The monoisotopic (exact) mass is 411 g/mol. The van der Waals surface area contributed by atoms with Gasteiger partial charge in [0, 0.05) is 18.3 Å². The zero-order chi connectivity index (χ0) is 14.0. The molecule has 98 valence electrons. The molecule has 0 spiro atoms. The molecule has 0 saturated carbocycles. The van der Waals surface area contributed by atoms with Crippen LogP contribution >= 0.6 is 45.8 Å². The second kappa shape index (κ2) is 5.85. The lowest BCUT2D eigenvalue weighted by Gasteiger charge is -2.07. The first-order valence-corrected chi connectivity index (χ1v) is 6.59. The minimum atomic E-state index is -0.606. The molecule has 0 N–H and O–H groups in total. The van der Waals surface area contributed by atoms with E-state index >= 15 is 0 Å². The number of nitrogens with zero attached hydrogens (tertiary/aromatic N) is 3. The van der Waals surface area contributed by atoms with E-state index < -0.39 is 4.92 Å². The van der Waals surface area contributed by atoms with Crippen LogP contribution in [0.15, 0.2) is 24.7 Å². The Balaban J connectivity index is 2.48. The summed E-state index contributed by atoms with van der Waals surface area (Å²) >= 11 is 13.5. The van der Waals surface area contributed by atoms with Crippen molar-refractivity contribution in [2.24, 2.45) is 0 Å². The summed E-state index contributed by atoms with van der Waals surface area (Å²) in [5.74, 6) is 0.174. The van der Waals surface area contributed by atoms with Gasteiger partial charge in [-0.05, 0) is 22.6 Å². The Labute approximate surface area is 131 Å². The highest BCUT2D eigenvalue weighted by Crippen LogP contribution is 2.38. The number of rotatable bonds is 3. The normalized spacial score (nSPS) is 10.3. The fourth-order valence-corrected chi connectivity index (χ4v) is 1.94. The lowest BCUT2D eigenvalue weighted by molar-refractivity contribution is -0.385. The summed E-state index contributed by atoms with van der Waals surface area (Å²) in [5.41, 5.74) is -0.288. The first kappa shape index (κ1) is 14.2. The Kier molecular flexibility index (Phi) is 4.38. The highest BCUT2D eigenvalue weighted by atomic mass is 127. The van der Waals surface area contributed by atoms with Crippen LogP contribution in [-0.4, -0.2) is 14.9 Å². The summed E-state index contributed by atoms with van der Waals surface area (Å²) in [4.78, 5) is 18.0. The number of ether oxygens (including phenoxy) is 1. The molecule has 2 rings (SSSR count). The van der Waals surface area contributed by atoms with Gasteiger partial charge in [-0.15, -0.1) is 0 Å². The molecule has 0 aliphatic rings. The second-order valence-corrected chi connectivity index (χ2v) is 5.25. The van der Waals surface area contributed by atoms with Crippen LogP contribution < -0.4 is 4.74 Å². The minimum absolute atomic E-state index is 0.0315. The molecule has 1 aromatic carbocycles. The van der Waals surface area contributed by atoms with E-state index in [2.05, 4.69) is 9.97 Å². The van der Waals surface area contributed by atoms with E-state index in [0.717, 1.165) is 6.07 Å². The number of halogens is 3. The average molecular weight is 412 g/mol. The molecule has 6 nitrogen and oxygen atoms in total. The Morgan fingerprint density at radius 1 is 1.32 bits per heavy atom. The number of nitro benzene ring substituents is 1. The van der Waals surface area contributed by atoms with Crippen LogP contribution in [0, 0.1) is 13.7 Å².